The highest BCUT2D eigenvalue weighted by atomic mass is 32.1. The number of nitrogens with one attached hydrogen (secondary N) is 1. The van der Waals surface area contributed by atoms with E-state index in [9.17, 15) is 4.79 Å². The summed E-state index contributed by atoms with van der Waals surface area (Å²) in [4.78, 5) is 20.7. The molecule has 0 aliphatic carbocycles. The van der Waals surface area contributed by atoms with E-state index in [1.54, 1.807) is 11.3 Å². The number of nitrogens with two attached hydrogens (primary N) is 1. The molecule has 3 aromatic rings. The Labute approximate surface area is 186 Å². The van der Waals surface area contributed by atoms with E-state index in [0.29, 0.717) is 37.9 Å². The minimum absolute atomic E-state index is 0.374. The van der Waals surface area contributed by atoms with Gasteiger partial charge in [-0.3, -0.25) is 0 Å². The van der Waals surface area contributed by atoms with Crippen LogP contribution in [0.5, 0.6) is 5.75 Å². The van der Waals surface area contributed by atoms with Crippen LogP contribution in [-0.2, 0) is 15.9 Å². The third-order valence-electron chi connectivity index (χ3n) is 4.24. The number of nitrogens with zero attached hydrogens (tertiary/aromatic N) is 2. The molecule has 3 N–H and O–H groups in total. The first kappa shape index (κ1) is 23.0. The van der Waals surface area contributed by atoms with Crippen molar-refractivity contribution in [3.05, 3.63) is 23.2 Å². The summed E-state index contributed by atoms with van der Waals surface area (Å²) >= 11 is 1.67. The molecule has 0 saturated carbocycles. The molecule has 0 aliphatic heterocycles. The first-order valence-electron chi connectivity index (χ1n) is 10.4. The molecule has 0 saturated heterocycles. The average Bonchev–Trinajstić information content (AvgIpc) is 3.11. The third kappa shape index (κ3) is 6.41. The highest BCUT2D eigenvalue weighted by molar-refractivity contribution is 7.19. The summed E-state index contributed by atoms with van der Waals surface area (Å²) in [7, 11) is 0. The molecule has 1 amide bonds. The summed E-state index contributed by atoms with van der Waals surface area (Å²) in [5, 5.41) is 4.76. The summed E-state index contributed by atoms with van der Waals surface area (Å²) < 4.78 is 17.5. The minimum atomic E-state index is -0.512. The summed E-state index contributed by atoms with van der Waals surface area (Å²) in [6.07, 6.45) is 1.53. The molecule has 8 nitrogen and oxygen atoms in total. The van der Waals surface area contributed by atoms with Gasteiger partial charge in [-0.1, -0.05) is 6.92 Å². The van der Waals surface area contributed by atoms with Gasteiger partial charge in [-0.25, -0.2) is 14.8 Å². The number of nitrogen functional groups attached to an aromatic ring is 1. The molecule has 0 bridgehead atoms. The number of thiazole rings is 1. The van der Waals surface area contributed by atoms with E-state index in [0.717, 1.165) is 39.0 Å². The van der Waals surface area contributed by atoms with Gasteiger partial charge < -0.3 is 25.3 Å². The second kappa shape index (κ2) is 10.1. The maximum Gasteiger partial charge on any atom is 0.407 e. The monoisotopic (exact) mass is 446 g/mol. The lowest BCUT2D eigenvalue weighted by atomic mass is 10.2. The van der Waals surface area contributed by atoms with Crippen LogP contribution < -0.4 is 15.8 Å². The van der Waals surface area contributed by atoms with Gasteiger partial charge in [0.1, 0.15) is 23.5 Å². The van der Waals surface area contributed by atoms with Crippen LogP contribution in [0.3, 0.4) is 0 Å². The van der Waals surface area contributed by atoms with Gasteiger partial charge in [-0.15, -0.1) is 11.3 Å². The maximum absolute atomic E-state index is 11.5. The number of hydrogen-bond donors (Lipinski definition) is 2. The van der Waals surface area contributed by atoms with Crippen molar-refractivity contribution in [1.82, 2.24) is 15.3 Å². The molecule has 168 valence electrons. The number of amides is 1. The number of rotatable bonds is 9. The number of aryl methyl sites for hydroxylation is 1. The lowest BCUT2D eigenvalue weighted by Crippen LogP contribution is -2.34. The molecule has 0 aliphatic rings. The second-order valence-corrected chi connectivity index (χ2v) is 9.18. The van der Waals surface area contributed by atoms with E-state index in [1.165, 1.54) is 0 Å². The number of carbonyl (C=O) groups excluding carboxylic acids is 1. The Hall–Kier alpha value is -2.65. The molecule has 0 radical (unpaired) electrons. The van der Waals surface area contributed by atoms with E-state index < -0.39 is 11.7 Å². The molecule has 2 heterocycles. The molecule has 1 aromatic carbocycles. The highest BCUT2D eigenvalue weighted by Crippen LogP contribution is 2.34. The van der Waals surface area contributed by atoms with Crippen LogP contribution in [-0.4, -0.2) is 48.0 Å². The Bertz CT molecular complexity index is 1050. The van der Waals surface area contributed by atoms with Crippen LogP contribution >= 0.6 is 11.3 Å². The van der Waals surface area contributed by atoms with E-state index in [4.69, 9.17) is 19.9 Å². The number of aromatic nitrogens is 2. The first-order chi connectivity index (χ1) is 14.8. The molecule has 31 heavy (non-hydrogen) atoms. The molecule has 0 unspecified atom stereocenters. The van der Waals surface area contributed by atoms with Gasteiger partial charge in [0.15, 0.2) is 5.82 Å². The predicted octanol–water partition coefficient (Wildman–Crippen LogP) is 4.30. The Balaban J connectivity index is 1.49. The fraction of sp³-hybridized carbons (Fsp3) is 0.500. The van der Waals surface area contributed by atoms with Crippen LogP contribution in [0.15, 0.2) is 18.2 Å². The van der Waals surface area contributed by atoms with Crippen LogP contribution in [0, 0.1) is 0 Å². The maximum atomic E-state index is 11.5. The topological polar surface area (TPSA) is 109 Å². The molecule has 9 heteroatoms. The van der Waals surface area contributed by atoms with Crippen LogP contribution in [0.2, 0.25) is 0 Å². The fourth-order valence-corrected chi connectivity index (χ4v) is 4.18. The number of anilines is 1. The van der Waals surface area contributed by atoms with Crippen LogP contribution in [0.1, 0.15) is 39.1 Å². The minimum Gasteiger partial charge on any atom is -0.491 e. The first-order valence-corrected chi connectivity index (χ1v) is 11.2. The van der Waals surface area contributed by atoms with Crippen LogP contribution in [0.4, 0.5) is 10.6 Å². The molecule has 3 rings (SSSR count). The van der Waals surface area contributed by atoms with E-state index in [-0.39, 0.29) is 0 Å². The van der Waals surface area contributed by atoms with E-state index in [2.05, 4.69) is 22.2 Å². The van der Waals surface area contributed by atoms with Gasteiger partial charge in [0.25, 0.3) is 0 Å². The summed E-state index contributed by atoms with van der Waals surface area (Å²) in [6.45, 7) is 9.13. The lowest BCUT2D eigenvalue weighted by Gasteiger charge is -2.19. The van der Waals surface area contributed by atoms with Crippen molar-refractivity contribution >= 4 is 44.4 Å². The molecular weight excluding hydrogens is 416 g/mol. The fourth-order valence-electron chi connectivity index (χ4n) is 2.97. The van der Waals surface area contributed by atoms with Gasteiger partial charge >= 0.3 is 6.09 Å². The number of fused-ring (bicyclic) bond motifs is 3. The largest absolute Gasteiger partial charge is 0.491 e. The lowest BCUT2D eigenvalue weighted by molar-refractivity contribution is 0.0489. The van der Waals surface area contributed by atoms with Crippen molar-refractivity contribution in [2.24, 2.45) is 0 Å². The van der Waals surface area contributed by atoms with Gasteiger partial charge in [-0.05, 0) is 45.7 Å². The molecule has 0 atom stereocenters. The van der Waals surface area contributed by atoms with Crippen molar-refractivity contribution in [2.75, 3.05) is 32.1 Å². The Kier molecular flexibility index (Phi) is 7.50. The van der Waals surface area contributed by atoms with Crippen LogP contribution in [0.25, 0.3) is 21.1 Å². The third-order valence-corrected chi connectivity index (χ3v) is 5.39. The van der Waals surface area contributed by atoms with Gasteiger partial charge in [-0.2, -0.15) is 0 Å². The number of alkyl carbamates (subject to hydrolysis) is 1. The Morgan fingerprint density at radius 3 is 2.74 bits per heavy atom. The number of pyridine rings is 1. The summed E-state index contributed by atoms with van der Waals surface area (Å²) in [6, 6.07) is 5.80. The van der Waals surface area contributed by atoms with E-state index >= 15 is 0 Å². The zero-order valence-corrected chi connectivity index (χ0v) is 19.3. The predicted molar refractivity (Wildman–Crippen MR) is 124 cm³/mol. The standard InChI is InChI=1S/C22H30N4O4S/c1-5-6-17-26-18-19(31-17)15-8-7-14(13-16(15)25-20(18)23)29-12-11-28-10-9-24-21(27)30-22(2,3)4/h7-8,13H,5-6,9-12H2,1-4H3,(H2,23,25)(H,24,27). The summed E-state index contributed by atoms with van der Waals surface area (Å²) in [5.74, 6) is 1.15. The van der Waals surface area contributed by atoms with Gasteiger partial charge in [0.05, 0.1) is 28.4 Å². The number of hydrogen-bond acceptors (Lipinski definition) is 8. The quantitative estimate of drug-likeness (QED) is 0.472. The number of ether oxygens (including phenoxy) is 3. The SMILES string of the molecule is CCCc1nc2c(N)nc3cc(OCCOCCNC(=O)OC(C)(C)C)ccc3c2s1. The second-order valence-electron chi connectivity index (χ2n) is 8.10. The highest BCUT2D eigenvalue weighted by Gasteiger charge is 2.15. The average molecular weight is 447 g/mol. The molecule has 0 spiro atoms. The van der Waals surface area contributed by atoms with Gasteiger partial charge in [0, 0.05) is 18.0 Å². The molecular formula is C22H30N4O4S. The smallest absolute Gasteiger partial charge is 0.407 e. The number of benzene rings is 1. The van der Waals surface area contributed by atoms with Gasteiger partial charge in [0.2, 0.25) is 0 Å². The summed E-state index contributed by atoms with van der Waals surface area (Å²) in [5.41, 5.74) is 7.20. The zero-order chi connectivity index (χ0) is 22.4. The number of carbonyl (C=O) groups is 1. The molecule has 2 aromatic heterocycles. The van der Waals surface area contributed by atoms with Crippen molar-refractivity contribution in [2.45, 2.75) is 46.1 Å². The van der Waals surface area contributed by atoms with Crippen molar-refractivity contribution in [1.29, 1.82) is 0 Å². The van der Waals surface area contributed by atoms with Crippen molar-refractivity contribution in [3.8, 4) is 5.75 Å². The molecule has 0 fully saturated rings. The van der Waals surface area contributed by atoms with Crippen molar-refractivity contribution < 1.29 is 19.0 Å². The normalized spacial score (nSPS) is 11.7. The van der Waals surface area contributed by atoms with E-state index in [1.807, 2.05) is 39.0 Å². The van der Waals surface area contributed by atoms with Crippen molar-refractivity contribution in [3.63, 3.8) is 0 Å². The Morgan fingerprint density at radius 2 is 2.00 bits per heavy atom. The zero-order valence-electron chi connectivity index (χ0n) is 18.5. The Morgan fingerprint density at radius 1 is 1.19 bits per heavy atom.